The van der Waals surface area contributed by atoms with Crippen molar-refractivity contribution < 1.29 is 14.6 Å². The van der Waals surface area contributed by atoms with E-state index in [0.717, 1.165) is 10.0 Å². The number of anilines is 1. The maximum Gasteiger partial charge on any atom is 0.293 e. The van der Waals surface area contributed by atoms with Gasteiger partial charge in [0.25, 0.3) is 17.0 Å². The zero-order valence-corrected chi connectivity index (χ0v) is 17.7. The second-order valence-electron chi connectivity index (χ2n) is 6.26. The van der Waals surface area contributed by atoms with Gasteiger partial charge in [0.2, 0.25) is 5.91 Å². The molecule has 0 spiro atoms. The van der Waals surface area contributed by atoms with Gasteiger partial charge in [-0.2, -0.15) is 0 Å². The van der Waals surface area contributed by atoms with Gasteiger partial charge in [-0.15, -0.1) is 0 Å². The lowest BCUT2D eigenvalue weighted by molar-refractivity contribution is -0.764. The summed E-state index contributed by atoms with van der Waals surface area (Å²) in [5.74, 6) is -0.396. The molecule has 1 aliphatic rings. The van der Waals surface area contributed by atoms with Gasteiger partial charge in [-0.05, 0) is 42.7 Å². The number of nitrogens with zero attached hydrogens (tertiary/aromatic N) is 4. The van der Waals surface area contributed by atoms with Crippen LogP contribution in [0.25, 0.3) is 11.3 Å². The maximum atomic E-state index is 13.0. The summed E-state index contributed by atoms with van der Waals surface area (Å²) >= 11 is 4.75. The fraction of sp³-hybridized carbons (Fsp3) is 0.200. The van der Waals surface area contributed by atoms with Crippen LogP contribution in [0.5, 0.6) is 5.88 Å². The van der Waals surface area contributed by atoms with Crippen LogP contribution in [-0.4, -0.2) is 22.2 Å². The molecule has 0 saturated carbocycles. The van der Waals surface area contributed by atoms with Crippen molar-refractivity contribution in [3.8, 4) is 17.1 Å². The van der Waals surface area contributed by atoms with Gasteiger partial charge < -0.3 is 5.11 Å². The number of aromatic nitrogens is 3. The Morgan fingerprint density at radius 3 is 2.64 bits per heavy atom. The standard InChI is InChI=1S/C20H17BrN4O2S/c1-3-16(26)24-15-7-5-4-6-14(15)17-18(27)22-20(28-2)23-25(17)19(24)12-8-10-13(21)11-9-12/h4-11,19H,3H2,1-2H3. The molecule has 0 aliphatic carbocycles. The zero-order valence-electron chi connectivity index (χ0n) is 15.3. The molecule has 0 N–H and O–H groups in total. The number of fused-ring (bicyclic) bond motifs is 3. The Balaban J connectivity index is 2.06. The molecular weight excluding hydrogens is 440 g/mol. The largest absolute Gasteiger partial charge is 0.854 e. The van der Waals surface area contributed by atoms with Crippen LogP contribution in [0.2, 0.25) is 0 Å². The first-order chi connectivity index (χ1) is 13.5. The average molecular weight is 457 g/mol. The molecular formula is C20H17BrN4O2S. The number of hydrogen-bond acceptors (Lipinski definition) is 5. The normalized spacial score (nSPS) is 15.1. The summed E-state index contributed by atoms with van der Waals surface area (Å²) in [6, 6.07) is 15.1. The predicted molar refractivity (Wildman–Crippen MR) is 109 cm³/mol. The number of rotatable bonds is 3. The Labute approximate surface area is 175 Å². The maximum absolute atomic E-state index is 13.0. The van der Waals surface area contributed by atoms with E-state index in [-0.39, 0.29) is 11.8 Å². The molecule has 2 heterocycles. The van der Waals surface area contributed by atoms with E-state index < -0.39 is 6.17 Å². The molecule has 2 aromatic carbocycles. The van der Waals surface area contributed by atoms with E-state index in [2.05, 4.69) is 26.0 Å². The lowest BCUT2D eigenvalue weighted by atomic mass is 10.0. The second kappa shape index (κ2) is 7.52. The van der Waals surface area contributed by atoms with Crippen molar-refractivity contribution in [1.82, 2.24) is 10.1 Å². The third kappa shape index (κ3) is 3.06. The number of para-hydroxylation sites is 1. The van der Waals surface area contributed by atoms with Crippen LogP contribution in [-0.2, 0) is 4.79 Å². The van der Waals surface area contributed by atoms with Gasteiger partial charge >= 0.3 is 0 Å². The highest BCUT2D eigenvalue weighted by Crippen LogP contribution is 2.41. The third-order valence-corrected chi connectivity index (χ3v) is 5.71. The van der Waals surface area contributed by atoms with Crippen LogP contribution >= 0.6 is 27.7 Å². The summed E-state index contributed by atoms with van der Waals surface area (Å²) in [6.07, 6.45) is 1.59. The van der Waals surface area contributed by atoms with Crippen LogP contribution in [0.3, 0.4) is 0 Å². The van der Waals surface area contributed by atoms with E-state index in [1.165, 1.54) is 11.8 Å². The Kier molecular flexibility index (Phi) is 5.07. The van der Waals surface area contributed by atoms with E-state index in [4.69, 9.17) is 0 Å². The first-order valence-corrected chi connectivity index (χ1v) is 10.8. The van der Waals surface area contributed by atoms with Gasteiger partial charge in [0.15, 0.2) is 0 Å². The summed E-state index contributed by atoms with van der Waals surface area (Å²) in [4.78, 5) is 18.8. The Bertz CT molecular complexity index is 1060. The lowest BCUT2D eigenvalue weighted by Crippen LogP contribution is -2.59. The number of benzene rings is 2. The van der Waals surface area contributed by atoms with Crippen molar-refractivity contribution in [3.05, 3.63) is 58.6 Å². The van der Waals surface area contributed by atoms with Crippen LogP contribution in [0.15, 0.2) is 58.2 Å². The molecule has 8 heteroatoms. The summed E-state index contributed by atoms with van der Waals surface area (Å²) in [5, 5.41) is 17.9. The van der Waals surface area contributed by atoms with Crippen molar-refractivity contribution in [2.75, 3.05) is 11.2 Å². The van der Waals surface area contributed by atoms with Gasteiger partial charge in [0, 0.05) is 21.6 Å². The molecule has 1 aliphatic heterocycles. The minimum atomic E-state index is -0.563. The third-order valence-electron chi connectivity index (χ3n) is 4.64. The first kappa shape index (κ1) is 18.9. The number of carbonyl (C=O) groups excluding carboxylic acids is 1. The highest BCUT2D eigenvalue weighted by Gasteiger charge is 2.44. The van der Waals surface area contributed by atoms with E-state index in [9.17, 15) is 9.90 Å². The number of halogens is 1. The SMILES string of the molecule is CCC(=O)N1c2ccccc2-c2c([O-])nc(SC)n[n+]2C1c1ccc(Br)cc1. The van der Waals surface area contributed by atoms with Gasteiger partial charge in [-0.1, -0.05) is 51.4 Å². The highest BCUT2D eigenvalue weighted by atomic mass is 79.9. The van der Waals surface area contributed by atoms with Crippen molar-refractivity contribution in [2.24, 2.45) is 0 Å². The Morgan fingerprint density at radius 2 is 1.96 bits per heavy atom. The van der Waals surface area contributed by atoms with Crippen LogP contribution in [0.1, 0.15) is 25.1 Å². The Morgan fingerprint density at radius 1 is 1.25 bits per heavy atom. The van der Waals surface area contributed by atoms with E-state index in [0.29, 0.717) is 28.5 Å². The van der Waals surface area contributed by atoms with Crippen LogP contribution < -0.4 is 14.7 Å². The first-order valence-electron chi connectivity index (χ1n) is 8.77. The molecule has 4 rings (SSSR count). The van der Waals surface area contributed by atoms with Crippen molar-refractivity contribution in [1.29, 1.82) is 0 Å². The van der Waals surface area contributed by atoms with Crippen LogP contribution in [0.4, 0.5) is 5.69 Å². The number of carbonyl (C=O) groups is 1. The Hall–Kier alpha value is -2.45. The fourth-order valence-corrected chi connectivity index (χ4v) is 4.00. The topological polar surface area (TPSA) is 73.0 Å². The van der Waals surface area contributed by atoms with Crippen LogP contribution in [0, 0.1) is 0 Å². The molecule has 1 unspecified atom stereocenters. The summed E-state index contributed by atoms with van der Waals surface area (Å²) in [7, 11) is 0. The number of amides is 1. The monoisotopic (exact) mass is 456 g/mol. The molecule has 28 heavy (non-hydrogen) atoms. The highest BCUT2D eigenvalue weighted by molar-refractivity contribution is 9.10. The molecule has 3 aromatic rings. The molecule has 0 saturated heterocycles. The minimum Gasteiger partial charge on any atom is -0.854 e. The summed E-state index contributed by atoms with van der Waals surface area (Å²) in [5.41, 5.74) is 2.60. The molecule has 0 bridgehead atoms. The quantitative estimate of drug-likeness (QED) is 0.446. The number of hydrogen-bond donors (Lipinski definition) is 0. The second-order valence-corrected chi connectivity index (χ2v) is 7.95. The fourth-order valence-electron chi connectivity index (χ4n) is 3.40. The molecule has 1 aromatic heterocycles. The number of thioether (sulfide) groups is 1. The molecule has 6 nitrogen and oxygen atoms in total. The average Bonchev–Trinajstić information content (AvgIpc) is 2.72. The molecule has 142 valence electrons. The lowest BCUT2D eigenvalue weighted by Gasteiger charge is -2.33. The smallest absolute Gasteiger partial charge is 0.293 e. The van der Waals surface area contributed by atoms with E-state index in [1.54, 1.807) is 9.58 Å². The summed E-state index contributed by atoms with van der Waals surface area (Å²) < 4.78 is 2.57. The minimum absolute atomic E-state index is 0.0460. The van der Waals surface area contributed by atoms with Gasteiger partial charge in [-0.25, -0.2) is 9.88 Å². The van der Waals surface area contributed by atoms with Crippen molar-refractivity contribution in [3.63, 3.8) is 0 Å². The van der Waals surface area contributed by atoms with Crippen molar-refractivity contribution in [2.45, 2.75) is 24.7 Å². The van der Waals surface area contributed by atoms with Gasteiger partial charge in [-0.3, -0.25) is 4.79 Å². The van der Waals surface area contributed by atoms with Gasteiger partial charge in [0.1, 0.15) is 0 Å². The van der Waals surface area contributed by atoms with E-state index in [1.807, 2.05) is 61.7 Å². The molecule has 0 fully saturated rings. The molecule has 0 radical (unpaired) electrons. The molecule has 1 amide bonds. The zero-order chi connectivity index (χ0) is 19.8. The molecule has 1 atom stereocenters. The predicted octanol–water partition coefficient (Wildman–Crippen LogP) is 3.29. The van der Waals surface area contributed by atoms with Gasteiger partial charge in [0.05, 0.1) is 17.1 Å². The van der Waals surface area contributed by atoms with E-state index >= 15 is 0 Å². The van der Waals surface area contributed by atoms with Crippen molar-refractivity contribution >= 4 is 39.3 Å². The summed E-state index contributed by atoms with van der Waals surface area (Å²) in [6.45, 7) is 1.83.